The van der Waals surface area contributed by atoms with E-state index in [1.807, 2.05) is 0 Å². The monoisotopic (exact) mass is 374 g/mol. The zero-order valence-corrected chi connectivity index (χ0v) is 17.1. The van der Waals surface area contributed by atoms with E-state index in [4.69, 9.17) is 5.11 Å². The third-order valence-electron chi connectivity index (χ3n) is 5.37. The third kappa shape index (κ3) is 6.35. The van der Waals surface area contributed by atoms with Crippen molar-refractivity contribution in [2.45, 2.75) is 65.2 Å². The lowest BCUT2D eigenvalue weighted by atomic mass is 9.92. The van der Waals surface area contributed by atoms with Crippen LogP contribution in [-0.2, 0) is 9.59 Å². The van der Waals surface area contributed by atoms with Crippen molar-refractivity contribution in [3.05, 3.63) is 29.3 Å². The predicted molar refractivity (Wildman–Crippen MR) is 109 cm³/mol. The van der Waals surface area contributed by atoms with Crippen LogP contribution in [0.3, 0.4) is 0 Å². The maximum absolute atomic E-state index is 12.8. The summed E-state index contributed by atoms with van der Waals surface area (Å²) in [4.78, 5) is 25.7. The Hall–Kier alpha value is -1.88. The Labute approximate surface area is 163 Å². The quantitative estimate of drug-likeness (QED) is 0.705. The molecule has 27 heavy (non-hydrogen) atoms. The van der Waals surface area contributed by atoms with Gasteiger partial charge in [-0.3, -0.25) is 14.5 Å². The van der Waals surface area contributed by atoms with Gasteiger partial charge in [-0.05, 0) is 54.7 Å². The van der Waals surface area contributed by atoms with E-state index in [1.165, 1.54) is 11.1 Å². The summed E-state index contributed by atoms with van der Waals surface area (Å²) in [6.45, 7) is 10.7. The molecule has 5 heteroatoms. The van der Waals surface area contributed by atoms with Gasteiger partial charge in [-0.2, -0.15) is 0 Å². The van der Waals surface area contributed by atoms with Crippen LogP contribution in [0.2, 0.25) is 0 Å². The molecule has 5 nitrogen and oxygen atoms in total. The lowest BCUT2D eigenvalue weighted by Crippen LogP contribution is -2.40. The molecule has 1 aliphatic rings. The highest BCUT2D eigenvalue weighted by atomic mass is 16.4. The molecule has 1 heterocycles. The SMILES string of the molecule is CC(C)c1cccc(C(C)C)c1NC(=O)CN1CCCC(CCC(=O)O)C1. The van der Waals surface area contributed by atoms with Crippen LogP contribution in [0, 0.1) is 5.92 Å². The fourth-order valence-corrected chi connectivity index (χ4v) is 3.94. The minimum absolute atomic E-state index is 0.0175. The number of hydrogen-bond acceptors (Lipinski definition) is 3. The molecule has 1 aromatic carbocycles. The van der Waals surface area contributed by atoms with Gasteiger partial charge in [0, 0.05) is 18.7 Å². The first-order chi connectivity index (χ1) is 12.8. The number of hydrogen-bond donors (Lipinski definition) is 2. The summed E-state index contributed by atoms with van der Waals surface area (Å²) in [5.74, 6) is 0.334. The number of para-hydroxylation sites is 1. The minimum atomic E-state index is -0.739. The molecule has 1 atom stereocenters. The molecule has 1 unspecified atom stereocenters. The van der Waals surface area contributed by atoms with Gasteiger partial charge in [-0.1, -0.05) is 45.9 Å². The largest absolute Gasteiger partial charge is 0.481 e. The van der Waals surface area contributed by atoms with Crippen LogP contribution in [0.4, 0.5) is 5.69 Å². The molecular weight excluding hydrogens is 340 g/mol. The zero-order valence-electron chi connectivity index (χ0n) is 17.1. The van der Waals surface area contributed by atoms with E-state index in [1.54, 1.807) is 0 Å². The average Bonchev–Trinajstić information content (AvgIpc) is 2.60. The second-order valence-corrected chi connectivity index (χ2v) is 8.34. The highest BCUT2D eigenvalue weighted by Crippen LogP contribution is 2.32. The average molecular weight is 375 g/mol. The Morgan fingerprint density at radius 1 is 1.19 bits per heavy atom. The number of rotatable bonds is 8. The number of carboxylic acids is 1. The van der Waals surface area contributed by atoms with Crippen molar-refractivity contribution in [2.75, 3.05) is 25.0 Å². The Morgan fingerprint density at radius 3 is 2.37 bits per heavy atom. The molecule has 0 aliphatic carbocycles. The van der Waals surface area contributed by atoms with Gasteiger partial charge in [0.25, 0.3) is 0 Å². The second-order valence-electron chi connectivity index (χ2n) is 8.34. The van der Waals surface area contributed by atoms with Gasteiger partial charge < -0.3 is 10.4 Å². The summed E-state index contributed by atoms with van der Waals surface area (Å²) < 4.78 is 0. The maximum atomic E-state index is 12.8. The van der Waals surface area contributed by atoms with Gasteiger partial charge in [0.15, 0.2) is 0 Å². The van der Waals surface area contributed by atoms with Crippen LogP contribution >= 0.6 is 0 Å². The van der Waals surface area contributed by atoms with E-state index in [-0.39, 0.29) is 12.3 Å². The smallest absolute Gasteiger partial charge is 0.303 e. The van der Waals surface area contributed by atoms with E-state index in [0.717, 1.165) is 31.6 Å². The number of carboxylic acid groups (broad SMARTS) is 1. The third-order valence-corrected chi connectivity index (χ3v) is 5.37. The summed E-state index contributed by atoms with van der Waals surface area (Å²) in [5.41, 5.74) is 3.31. The molecule has 1 aliphatic heterocycles. The molecule has 1 aromatic rings. The van der Waals surface area contributed by atoms with Crippen LogP contribution in [-0.4, -0.2) is 41.5 Å². The van der Waals surface area contributed by atoms with Crippen molar-refractivity contribution in [1.82, 2.24) is 4.90 Å². The molecule has 2 N–H and O–H groups in total. The van der Waals surface area contributed by atoms with Gasteiger partial charge in [0.05, 0.1) is 6.54 Å². The van der Waals surface area contributed by atoms with Crippen molar-refractivity contribution in [2.24, 2.45) is 5.92 Å². The van der Waals surface area contributed by atoms with Crippen LogP contribution < -0.4 is 5.32 Å². The number of amides is 1. The molecule has 1 fully saturated rings. The van der Waals surface area contributed by atoms with Crippen LogP contribution in [0.25, 0.3) is 0 Å². The first kappa shape index (κ1) is 21.4. The van der Waals surface area contributed by atoms with Crippen molar-refractivity contribution in [3.63, 3.8) is 0 Å². The van der Waals surface area contributed by atoms with Gasteiger partial charge in [0.2, 0.25) is 5.91 Å². The fourth-order valence-electron chi connectivity index (χ4n) is 3.94. The van der Waals surface area contributed by atoms with Crippen LogP contribution in [0.15, 0.2) is 18.2 Å². The Bertz CT molecular complexity index is 629. The Morgan fingerprint density at radius 2 is 1.81 bits per heavy atom. The molecule has 1 saturated heterocycles. The second kappa shape index (κ2) is 9.88. The number of aliphatic carboxylic acids is 1. The van der Waals surface area contributed by atoms with Crippen molar-refractivity contribution < 1.29 is 14.7 Å². The van der Waals surface area contributed by atoms with E-state index >= 15 is 0 Å². The highest BCUT2D eigenvalue weighted by Gasteiger charge is 2.23. The van der Waals surface area contributed by atoms with Gasteiger partial charge >= 0.3 is 5.97 Å². The number of carbonyl (C=O) groups is 2. The maximum Gasteiger partial charge on any atom is 0.303 e. The molecule has 0 bridgehead atoms. The van der Waals surface area contributed by atoms with E-state index in [9.17, 15) is 9.59 Å². The summed E-state index contributed by atoms with van der Waals surface area (Å²) in [6.07, 6.45) is 2.99. The summed E-state index contributed by atoms with van der Waals surface area (Å²) >= 11 is 0. The van der Waals surface area contributed by atoms with E-state index in [2.05, 4.69) is 56.1 Å². The number of nitrogens with zero attached hydrogens (tertiary/aromatic N) is 1. The molecular formula is C22H34N2O3. The van der Waals surface area contributed by atoms with E-state index in [0.29, 0.717) is 30.7 Å². The van der Waals surface area contributed by atoms with Crippen molar-refractivity contribution in [1.29, 1.82) is 0 Å². The molecule has 0 spiro atoms. The van der Waals surface area contributed by atoms with Crippen LogP contribution in [0.5, 0.6) is 0 Å². The zero-order chi connectivity index (χ0) is 20.0. The number of anilines is 1. The Kier molecular flexibility index (Phi) is 7.84. The summed E-state index contributed by atoms with van der Waals surface area (Å²) in [6, 6.07) is 6.25. The standard InChI is InChI=1S/C22H34N2O3/c1-15(2)18-8-5-9-19(16(3)4)22(18)23-20(25)14-24-12-6-7-17(13-24)10-11-21(26)27/h5,8-9,15-17H,6-7,10-14H2,1-4H3,(H,23,25)(H,26,27). The number of benzene rings is 1. The fraction of sp³-hybridized carbons (Fsp3) is 0.636. The summed E-state index contributed by atoms with van der Waals surface area (Å²) in [5, 5.41) is 12.1. The molecule has 0 saturated carbocycles. The molecule has 2 rings (SSSR count). The molecule has 0 aromatic heterocycles. The number of carbonyl (C=O) groups excluding carboxylic acids is 1. The molecule has 1 amide bonds. The van der Waals surface area contributed by atoms with E-state index < -0.39 is 5.97 Å². The van der Waals surface area contributed by atoms with Gasteiger partial charge in [-0.25, -0.2) is 0 Å². The molecule has 150 valence electrons. The first-order valence-electron chi connectivity index (χ1n) is 10.1. The van der Waals surface area contributed by atoms with Crippen LogP contribution in [0.1, 0.15) is 76.3 Å². The highest BCUT2D eigenvalue weighted by molar-refractivity contribution is 5.94. The normalized spacial score (nSPS) is 18.1. The lowest BCUT2D eigenvalue weighted by Gasteiger charge is -2.32. The van der Waals surface area contributed by atoms with Gasteiger partial charge in [-0.15, -0.1) is 0 Å². The number of piperidine rings is 1. The van der Waals surface area contributed by atoms with Crippen molar-refractivity contribution in [3.8, 4) is 0 Å². The topological polar surface area (TPSA) is 69.6 Å². The Balaban J connectivity index is 2.02. The minimum Gasteiger partial charge on any atom is -0.481 e. The molecule has 0 radical (unpaired) electrons. The predicted octanol–water partition coefficient (Wildman–Crippen LogP) is 4.45. The lowest BCUT2D eigenvalue weighted by molar-refractivity contribution is -0.137. The number of nitrogens with one attached hydrogen (secondary N) is 1. The van der Waals surface area contributed by atoms with Gasteiger partial charge in [0.1, 0.15) is 0 Å². The number of likely N-dealkylation sites (tertiary alicyclic amines) is 1. The summed E-state index contributed by atoms with van der Waals surface area (Å²) in [7, 11) is 0. The van der Waals surface area contributed by atoms with Crippen molar-refractivity contribution >= 4 is 17.6 Å². The first-order valence-corrected chi connectivity index (χ1v) is 10.1.